The molecule has 1 unspecified atom stereocenters. The molecule has 0 amide bonds. The van der Waals surface area contributed by atoms with E-state index in [1.807, 2.05) is 37.3 Å². The minimum atomic E-state index is -0.515. The van der Waals surface area contributed by atoms with Gasteiger partial charge in [-0.2, -0.15) is 0 Å². The highest BCUT2D eigenvalue weighted by Crippen LogP contribution is 2.11. The molecule has 2 atom stereocenters. The summed E-state index contributed by atoms with van der Waals surface area (Å²) in [6.45, 7) is 5.58. The largest absolute Gasteiger partial charge is 0.390 e. The molecule has 16 heavy (non-hydrogen) atoms. The molecule has 0 aliphatic rings. The van der Waals surface area contributed by atoms with Crippen LogP contribution in [0, 0.1) is 0 Å². The number of rotatable bonds is 7. The molecule has 1 rings (SSSR count). The van der Waals surface area contributed by atoms with Crippen molar-refractivity contribution < 1.29 is 9.94 Å². The summed E-state index contributed by atoms with van der Waals surface area (Å²) in [6, 6.07) is 9.61. The number of para-hydroxylation sites is 1. The van der Waals surface area contributed by atoms with Gasteiger partial charge in [0, 0.05) is 0 Å². The highest BCUT2D eigenvalue weighted by atomic mass is 16.7. The molecule has 0 fully saturated rings. The fourth-order valence-electron chi connectivity index (χ4n) is 1.41. The summed E-state index contributed by atoms with van der Waals surface area (Å²) >= 11 is 0. The van der Waals surface area contributed by atoms with Crippen molar-refractivity contribution in [2.24, 2.45) is 0 Å². The van der Waals surface area contributed by atoms with Crippen molar-refractivity contribution in [2.45, 2.75) is 32.0 Å². The van der Waals surface area contributed by atoms with E-state index in [-0.39, 0.29) is 6.10 Å². The Morgan fingerprint density at radius 2 is 2.12 bits per heavy atom. The van der Waals surface area contributed by atoms with Gasteiger partial charge in [-0.05, 0) is 25.0 Å². The number of aliphatic hydroxyl groups excluding tert-OH is 1. The Morgan fingerprint density at radius 1 is 1.44 bits per heavy atom. The van der Waals surface area contributed by atoms with Gasteiger partial charge >= 0.3 is 0 Å². The maximum atomic E-state index is 9.75. The van der Waals surface area contributed by atoms with Gasteiger partial charge in [0.15, 0.2) is 0 Å². The fraction of sp³-hybridized carbons (Fsp3) is 0.385. The summed E-state index contributed by atoms with van der Waals surface area (Å²) in [5.41, 5.74) is 3.72. The molecule has 2 N–H and O–H groups in total. The van der Waals surface area contributed by atoms with E-state index in [9.17, 15) is 5.11 Å². The second kappa shape index (κ2) is 7.04. The average molecular weight is 221 g/mol. The lowest BCUT2D eigenvalue weighted by molar-refractivity contribution is -0.0127. The van der Waals surface area contributed by atoms with Gasteiger partial charge < -0.3 is 5.11 Å². The Kier molecular flexibility index (Phi) is 5.61. The minimum absolute atomic E-state index is 0.224. The standard InChI is InChI=1S/C13H19NO2/c1-3-8-12(15)13(4-2)16-14-11-9-6-5-7-10-11/h3,5-7,9-10,12-15H,1,4,8H2,2H3/t12?,13-/m1/s1. The average Bonchev–Trinajstić information content (AvgIpc) is 2.31. The van der Waals surface area contributed by atoms with Crippen LogP contribution in [0.25, 0.3) is 0 Å². The predicted octanol–water partition coefficient (Wildman–Crippen LogP) is 2.75. The zero-order valence-corrected chi connectivity index (χ0v) is 9.60. The first kappa shape index (κ1) is 12.7. The second-order valence-electron chi connectivity index (χ2n) is 3.62. The monoisotopic (exact) mass is 221 g/mol. The van der Waals surface area contributed by atoms with E-state index < -0.39 is 6.10 Å². The van der Waals surface area contributed by atoms with Crippen LogP contribution in [0.4, 0.5) is 5.69 Å². The number of nitrogens with one attached hydrogen (secondary N) is 1. The molecule has 0 aromatic heterocycles. The van der Waals surface area contributed by atoms with Crippen LogP contribution < -0.4 is 5.48 Å². The lowest BCUT2D eigenvalue weighted by Crippen LogP contribution is -2.30. The van der Waals surface area contributed by atoms with Gasteiger partial charge in [-0.1, -0.05) is 31.2 Å². The molecule has 1 aromatic rings. The van der Waals surface area contributed by atoms with Crippen LogP contribution in [0.15, 0.2) is 43.0 Å². The van der Waals surface area contributed by atoms with E-state index in [2.05, 4.69) is 12.1 Å². The van der Waals surface area contributed by atoms with Crippen LogP contribution in [0.1, 0.15) is 19.8 Å². The number of anilines is 1. The number of hydrogen-bond donors (Lipinski definition) is 2. The summed E-state index contributed by atoms with van der Waals surface area (Å²) in [6.07, 6.45) is 2.24. The zero-order valence-electron chi connectivity index (χ0n) is 9.60. The first-order chi connectivity index (χ1) is 7.77. The maximum Gasteiger partial charge on any atom is 0.111 e. The Balaban J connectivity index is 2.42. The first-order valence-corrected chi connectivity index (χ1v) is 5.53. The third-order valence-electron chi connectivity index (χ3n) is 2.34. The van der Waals surface area contributed by atoms with Gasteiger partial charge in [-0.15, -0.1) is 6.58 Å². The van der Waals surface area contributed by atoms with Gasteiger partial charge in [0.1, 0.15) is 6.10 Å². The van der Waals surface area contributed by atoms with E-state index in [1.54, 1.807) is 6.08 Å². The summed E-state index contributed by atoms with van der Waals surface area (Å²) in [5, 5.41) is 9.75. The number of aliphatic hydroxyl groups is 1. The molecule has 88 valence electrons. The van der Waals surface area contributed by atoms with Crippen molar-refractivity contribution in [3.8, 4) is 0 Å². The van der Waals surface area contributed by atoms with Crippen molar-refractivity contribution in [3.63, 3.8) is 0 Å². The molecule has 0 saturated heterocycles. The minimum Gasteiger partial charge on any atom is -0.390 e. The van der Waals surface area contributed by atoms with Gasteiger partial charge in [0.05, 0.1) is 11.8 Å². The van der Waals surface area contributed by atoms with Crippen LogP contribution in [0.2, 0.25) is 0 Å². The molecule has 3 nitrogen and oxygen atoms in total. The highest BCUT2D eigenvalue weighted by molar-refractivity contribution is 5.40. The van der Waals surface area contributed by atoms with E-state index in [0.717, 1.165) is 12.1 Å². The number of hydrogen-bond acceptors (Lipinski definition) is 3. The fourth-order valence-corrected chi connectivity index (χ4v) is 1.41. The normalized spacial score (nSPS) is 14.1. The molecule has 0 spiro atoms. The Hall–Kier alpha value is -1.32. The molecule has 0 aliphatic carbocycles. The number of benzene rings is 1. The third-order valence-corrected chi connectivity index (χ3v) is 2.34. The molecule has 1 aromatic carbocycles. The molecule has 0 aliphatic heterocycles. The lowest BCUT2D eigenvalue weighted by atomic mass is 10.1. The third kappa shape index (κ3) is 4.04. The Morgan fingerprint density at radius 3 is 2.69 bits per heavy atom. The second-order valence-corrected chi connectivity index (χ2v) is 3.62. The maximum absolute atomic E-state index is 9.75. The molecular formula is C13H19NO2. The quantitative estimate of drug-likeness (QED) is 0.549. The first-order valence-electron chi connectivity index (χ1n) is 5.53. The summed E-state index contributed by atoms with van der Waals surface area (Å²) in [5.74, 6) is 0. The molecule has 0 radical (unpaired) electrons. The van der Waals surface area contributed by atoms with E-state index in [4.69, 9.17) is 4.84 Å². The molecule has 0 saturated carbocycles. The van der Waals surface area contributed by atoms with Gasteiger partial charge in [0.2, 0.25) is 0 Å². The van der Waals surface area contributed by atoms with Crippen LogP contribution in [0.5, 0.6) is 0 Å². The summed E-state index contributed by atoms with van der Waals surface area (Å²) in [4.78, 5) is 5.44. The predicted molar refractivity (Wildman–Crippen MR) is 66.0 cm³/mol. The van der Waals surface area contributed by atoms with E-state index >= 15 is 0 Å². The molecule has 3 heteroatoms. The van der Waals surface area contributed by atoms with Crippen molar-refractivity contribution in [1.82, 2.24) is 0 Å². The summed E-state index contributed by atoms with van der Waals surface area (Å²) in [7, 11) is 0. The van der Waals surface area contributed by atoms with Crippen LogP contribution in [-0.2, 0) is 4.84 Å². The molecular weight excluding hydrogens is 202 g/mol. The summed E-state index contributed by atoms with van der Waals surface area (Å²) < 4.78 is 0. The Labute approximate surface area is 96.7 Å². The molecule has 0 heterocycles. The van der Waals surface area contributed by atoms with Crippen LogP contribution >= 0.6 is 0 Å². The SMILES string of the molecule is C=CCC(O)[C@@H](CC)ONc1ccccc1. The van der Waals surface area contributed by atoms with Crippen molar-refractivity contribution in [2.75, 3.05) is 5.48 Å². The topological polar surface area (TPSA) is 41.5 Å². The van der Waals surface area contributed by atoms with Crippen molar-refractivity contribution in [3.05, 3.63) is 43.0 Å². The van der Waals surface area contributed by atoms with Gasteiger partial charge in [0.25, 0.3) is 0 Å². The smallest absolute Gasteiger partial charge is 0.111 e. The van der Waals surface area contributed by atoms with E-state index in [0.29, 0.717) is 6.42 Å². The van der Waals surface area contributed by atoms with E-state index in [1.165, 1.54) is 0 Å². The van der Waals surface area contributed by atoms with Crippen LogP contribution in [-0.4, -0.2) is 17.3 Å². The molecule has 0 bridgehead atoms. The van der Waals surface area contributed by atoms with Gasteiger partial charge in [-0.3, -0.25) is 10.3 Å². The van der Waals surface area contributed by atoms with Crippen molar-refractivity contribution in [1.29, 1.82) is 0 Å². The van der Waals surface area contributed by atoms with Crippen molar-refractivity contribution >= 4 is 5.69 Å². The van der Waals surface area contributed by atoms with Gasteiger partial charge in [-0.25, -0.2) is 0 Å². The lowest BCUT2D eigenvalue weighted by Gasteiger charge is -2.21. The highest BCUT2D eigenvalue weighted by Gasteiger charge is 2.16. The zero-order chi connectivity index (χ0) is 11.8. The van der Waals surface area contributed by atoms with Crippen LogP contribution in [0.3, 0.4) is 0 Å². The Bertz CT molecular complexity index is 300.